The van der Waals surface area contributed by atoms with E-state index < -0.39 is 0 Å². The summed E-state index contributed by atoms with van der Waals surface area (Å²) in [6.07, 6.45) is 3.82. The van der Waals surface area contributed by atoms with Gasteiger partial charge in [-0.3, -0.25) is 4.45 Å². The molecule has 1 aromatic rings. The summed E-state index contributed by atoms with van der Waals surface area (Å²) in [4.78, 5) is 0. The first-order valence-electron chi connectivity index (χ1n) is 3.36. The predicted octanol–water partition coefficient (Wildman–Crippen LogP) is 2.12. The van der Waals surface area contributed by atoms with Gasteiger partial charge in [0.2, 0.25) is 0 Å². The lowest BCUT2D eigenvalue weighted by molar-refractivity contribution is 0.774. The highest BCUT2D eigenvalue weighted by Gasteiger charge is 2.10. The topological polar surface area (TPSA) is 17.8 Å². The van der Waals surface area contributed by atoms with Gasteiger partial charge >= 0.3 is 0 Å². The van der Waals surface area contributed by atoms with Crippen LogP contribution in [0.15, 0.2) is 18.5 Å². The smallest absolute Gasteiger partial charge is 0.0492 e. The third-order valence-corrected chi connectivity index (χ3v) is 2.12. The second-order valence-corrected chi connectivity index (χ2v) is 5.49. The van der Waals surface area contributed by atoms with Crippen molar-refractivity contribution < 1.29 is 0 Å². The number of hydrogen-bond acceptors (Lipinski definition) is 1. The molecular weight excluding hydrogens is 143 g/mol. The third-order valence-electron chi connectivity index (χ3n) is 0.954. The van der Waals surface area contributed by atoms with E-state index in [1.54, 1.807) is 0 Å². The quantitative estimate of drug-likeness (QED) is 0.569. The van der Waals surface area contributed by atoms with Gasteiger partial charge in [0.1, 0.15) is 0 Å². The predicted molar refractivity (Wildman–Crippen MR) is 45.7 cm³/mol. The van der Waals surface area contributed by atoms with Crippen molar-refractivity contribution in [2.75, 3.05) is 0 Å². The molecule has 2 nitrogen and oxygen atoms in total. The molecular formula is C7H13N2P. The molecule has 1 atom stereocenters. The molecule has 0 aliphatic rings. The summed E-state index contributed by atoms with van der Waals surface area (Å²) in [5.41, 5.74) is 0. The zero-order chi connectivity index (χ0) is 7.61. The van der Waals surface area contributed by atoms with Gasteiger partial charge in [0, 0.05) is 21.1 Å². The Balaban J connectivity index is 2.57. The summed E-state index contributed by atoms with van der Waals surface area (Å²) < 4.78 is 1.99. The molecule has 0 amide bonds. The molecule has 0 aliphatic heterocycles. The Morgan fingerprint density at radius 3 is 2.50 bits per heavy atom. The molecule has 1 rings (SSSR count). The second-order valence-electron chi connectivity index (χ2n) is 3.31. The van der Waals surface area contributed by atoms with Gasteiger partial charge in [-0.25, -0.2) is 0 Å². The number of nitrogens with zero attached hydrogens (tertiary/aromatic N) is 2. The molecule has 0 saturated heterocycles. The van der Waals surface area contributed by atoms with Crippen molar-refractivity contribution in [3.8, 4) is 0 Å². The second kappa shape index (κ2) is 2.71. The molecule has 10 heavy (non-hydrogen) atoms. The maximum absolute atomic E-state index is 4.13. The summed E-state index contributed by atoms with van der Waals surface area (Å²) in [6, 6.07) is 1.96. The fourth-order valence-corrected chi connectivity index (χ4v) is 1.65. The van der Waals surface area contributed by atoms with E-state index in [4.69, 9.17) is 0 Å². The summed E-state index contributed by atoms with van der Waals surface area (Å²) >= 11 is 0. The monoisotopic (exact) mass is 156 g/mol. The molecule has 0 saturated carbocycles. The minimum absolute atomic E-state index is 0.353. The van der Waals surface area contributed by atoms with Gasteiger partial charge in [0.05, 0.1) is 0 Å². The number of rotatable bonds is 1. The SMILES string of the molecule is CC(C)(C)Pn1cccn1. The van der Waals surface area contributed by atoms with Crippen LogP contribution < -0.4 is 0 Å². The van der Waals surface area contributed by atoms with E-state index in [-0.39, 0.29) is 0 Å². The molecule has 1 unspecified atom stereocenters. The Morgan fingerprint density at radius 1 is 1.40 bits per heavy atom. The van der Waals surface area contributed by atoms with Gasteiger partial charge in [-0.1, -0.05) is 20.8 Å². The van der Waals surface area contributed by atoms with Crippen LogP contribution in [0, 0.1) is 0 Å². The lowest BCUT2D eigenvalue weighted by Crippen LogP contribution is -2.08. The van der Waals surface area contributed by atoms with Crippen molar-refractivity contribution in [2.45, 2.75) is 25.9 Å². The van der Waals surface area contributed by atoms with Crippen molar-refractivity contribution in [3.63, 3.8) is 0 Å². The lowest BCUT2D eigenvalue weighted by atomic mass is 10.3. The highest BCUT2D eigenvalue weighted by atomic mass is 31.1. The van der Waals surface area contributed by atoms with Gasteiger partial charge in [-0.05, 0) is 11.2 Å². The van der Waals surface area contributed by atoms with Gasteiger partial charge in [-0.15, -0.1) is 0 Å². The summed E-state index contributed by atoms with van der Waals surface area (Å²) in [5.74, 6) is 0. The standard InChI is InChI=1S/C7H13N2P/c1-7(2,3)10-9-6-4-5-8-9/h4-6,10H,1-3H3. The molecule has 0 aliphatic carbocycles. The minimum atomic E-state index is 0.353. The van der Waals surface area contributed by atoms with Crippen molar-refractivity contribution in [1.82, 2.24) is 9.55 Å². The average molecular weight is 156 g/mol. The van der Waals surface area contributed by atoms with Crippen LogP contribution in [0.25, 0.3) is 0 Å². The molecule has 1 heterocycles. The minimum Gasteiger partial charge on any atom is -0.255 e. The van der Waals surface area contributed by atoms with Gasteiger partial charge in [-0.2, -0.15) is 5.10 Å². The Bertz CT molecular complexity index is 186. The van der Waals surface area contributed by atoms with Crippen LogP contribution in [0.2, 0.25) is 0 Å². The van der Waals surface area contributed by atoms with Crippen molar-refractivity contribution in [2.24, 2.45) is 0 Å². The molecule has 0 fully saturated rings. The first-order chi connectivity index (χ1) is 4.58. The highest BCUT2D eigenvalue weighted by Crippen LogP contribution is 2.30. The van der Waals surface area contributed by atoms with E-state index in [2.05, 4.69) is 25.9 Å². The van der Waals surface area contributed by atoms with Crippen molar-refractivity contribution in [3.05, 3.63) is 18.5 Å². The van der Waals surface area contributed by atoms with Crippen LogP contribution >= 0.6 is 8.73 Å². The largest absolute Gasteiger partial charge is 0.255 e. The summed E-state index contributed by atoms with van der Waals surface area (Å²) in [6.45, 7) is 6.65. The Kier molecular flexibility index (Phi) is 2.10. The Morgan fingerprint density at radius 2 is 2.10 bits per heavy atom. The molecule has 0 aromatic carbocycles. The average Bonchev–Trinajstić information content (AvgIpc) is 2.12. The highest BCUT2D eigenvalue weighted by molar-refractivity contribution is 7.37. The fourth-order valence-electron chi connectivity index (χ4n) is 0.679. The van der Waals surface area contributed by atoms with Crippen LogP contribution in [-0.4, -0.2) is 14.7 Å². The van der Waals surface area contributed by atoms with E-state index in [0.717, 1.165) is 8.73 Å². The molecule has 0 spiro atoms. The molecule has 56 valence electrons. The molecule has 1 aromatic heterocycles. The molecule has 0 radical (unpaired) electrons. The van der Waals surface area contributed by atoms with E-state index in [9.17, 15) is 0 Å². The zero-order valence-electron chi connectivity index (χ0n) is 6.63. The van der Waals surface area contributed by atoms with Crippen LogP contribution in [-0.2, 0) is 0 Å². The number of hydrogen-bond donors (Lipinski definition) is 0. The van der Waals surface area contributed by atoms with Gasteiger partial charge < -0.3 is 0 Å². The van der Waals surface area contributed by atoms with E-state index in [1.165, 1.54) is 0 Å². The molecule has 0 bridgehead atoms. The van der Waals surface area contributed by atoms with E-state index >= 15 is 0 Å². The zero-order valence-corrected chi connectivity index (χ0v) is 7.63. The van der Waals surface area contributed by atoms with Crippen LogP contribution in [0.3, 0.4) is 0 Å². The fraction of sp³-hybridized carbons (Fsp3) is 0.571. The van der Waals surface area contributed by atoms with Crippen molar-refractivity contribution in [1.29, 1.82) is 0 Å². The molecule has 0 N–H and O–H groups in total. The van der Waals surface area contributed by atoms with E-state index in [0.29, 0.717) is 5.16 Å². The first kappa shape index (κ1) is 7.74. The van der Waals surface area contributed by atoms with Crippen LogP contribution in [0.4, 0.5) is 0 Å². The summed E-state index contributed by atoms with van der Waals surface area (Å²) in [5, 5.41) is 4.48. The normalized spacial score (nSPS) is 13.1. The maximum atomic E-state index is 4.13. The lowest BCUT2D eigenvalue weighted by Gasteiger charge is -2.17. The van der Waals surface area contributed by atoms with Gasteiger partial charge in [0.15, 0.2) is 0 Å². The van der Waals surface area contributed by atoms with Crippen LogP contribution in [0.5, 0.6) is 0 Å². The summed E-state index contributed by atoms with van der Waals surface area (Å²) in [7, 11) is 0.744. The van der Waals surface area contributed by atoms with E-state index in [1.807, 2.05) is 22.9 Å². The first-order valence-corrected chi connectivity index (χ1v) is 4.30. The van der Waals surface area contributed by atoms with Gasteiger partial charge in [0.25, 0.3) is 0 Å². The van der Waals surface area contributed by atoms with Crippen molar-refractivity contribution >= 4 is 8.73 Å². The number of aromatic nitrogens is 2. The maximum Gasteiger partial charge on any atom is 0.0492 e. The van der Waals surface area contributed by atoms with Crippen LogP contribution in [0.1, 0.15) is 20.8 Å². The third kappa shape index (κ3) is 2.49. The Hall–Kier alpha value is -0.360. The molecule has 3 heteroatoms. The Labute approximate surface area is 63.5 Å².